The molecule has 2 rings (SSSR count). The fourth-order valence-corrected chi connectivity index (χ4v) is 5.07. The molecule has 186 valence electrons. The summed E-state index contributed by atoms with van der Waals surface area (Å²) in [7, 11) is -4.19. The molecule has 33 heavy (non-hydrogen) atoms. The SMILES string of the molecule is CC(C)N(CC1CCCN(C(=O)[C@H](C)NS(=O)(=O)c2ccccc2F)C1)C(=O)OC(C)(C)C. The minimum absolute atomic E-state index is 0.0352. The summed E-state index contributed by atoms with van der Waals surface area (Å²) < 4.78 is 46.8. The van der Waals surface area contributed by atoms with Crippen LogP contribution in [0.2, 0.25) is 0 Å². The Morgan fingerprint density at radius 3 is 2.45 bits per heavy atom. The zero-order valence-electron chi connectivity index (χ0n) is 20.3. The first kappa shape index (κ1) is 27.0. The van der Waals surface area contributed by atoms with Crippen LogP contribution >= 0.6 is 0 Å². The number of carbonyl (C=O) groups excluding carboxylic acids is 2. The summed E-state index contributed by atoms with van der Waals surface area (Å²) in [5, 5.41) is 0. The number of nitrogens with zero attached hydrogens (tertiary/aromatic N) is 2. The monoisotopic (exact) mass is 485 g/mol. The van der Waals surface area contributed by atoms with E-state index in [4.69, 9.17) is 4.74 Å². The molecule has 1 heterocycles. The molecule has 0 saturated carbocycles. The van der Waals surface area contributed by atoms with Crippen molar-refractivity contribution in [2.75, 3.05) is 19.6 Å². The Morgan fingerprint density at radius 2 is 1.88 bits per heavy atom. The molecule has 8 nitrogen and oxygen atoms in total. The van der Waals surface area contributed by atoms with Crippen LogP contribution in [0.25, 0.3) is 0 Å². The lowest BCUT2D eigenvalue weighted by Gasteiger charge is -2.38. The van der Waals surface area contributed by atoms with Gasteiger partial charge in [0.2, 0.25) is 15.9 Å². The Balaban J connectivity index is 2.04. The Morgan fingerprint density at radius 1 is 1.24 bits per heavy atom. The molecule has 1 saturated heterocycles. The van der Waals surface area contributed by atoms with Crippen molar-refractivity contribution in [3.63, 3.8) is 0 Å². The third-order valence-electron chi connectivity index (χ3n) is 5.37. The zero-order valence-corrected chi connectivity index (χ0v) is 21.1. The summed E-state index contributed by atoms with van der Waals surface area (Å²) in [6, 6.07) is 3.90. The number of sulfonamides is 1. The molecule has 0 aliphatic carbocycles. The van der Waals surface area contributed by atoms with E-state index in [-0.39, 0.29) is 17.9 Å². The van der Waals surface area contributed by atoms with E-state index in [0.717, 1.165) is 25.0 Å². The maximum Gasteiger partial charge on any atom is 0.410 e. The summed E-state index contributed by atoms with van der Waals surface area (Å²) in [5.74, 6) is -1.22. The lowest BCUT2D eigenvalue weighted by Crippen LogP contribution is -2.52. The van der Waals surface area contributed by atoms with Gasteiger partial charge in [0, 0.05) is 25.7 Å². The Hall–Kier alpha value is -2.20. The van der Waals surface area contributed by atoms with Crippen molar-refractivity contribution in [2.45, 2.75) is 77.0 Å². The highest BCUT2D eigenvalue weighted by Gasteiger charge is 2.33. The highest BCUT2D eigenvalue weighted by molar-refractivity contribution is 7.89. The van der Waals surface area contributed by atoms with Gasteiger partial charge in [-0.25, -0.2) is 17.6 Å². The maximum atomic E-state index is 13.9. The quantitative estimate of drug-likeness (QED) is 0.639. The lowest BCUT2D eigenvalue weighted by molar-refractivity contribution is -0.134. The fraction of sp³-hybridized carbons (Fsp3) is 0.652. The van der Waals surface area contributed by atoms with Gasteiger partial charge in [-0.2, -0.15) is 4.72 Å². The summed E-state index contributed by atoms with van der Waals surface area (Å²) in [5.41, 5.74) is -0.608. The second-order valence-electron chi connectivity index (χ2n) is 9.79. The maximum absolute atomic E-state index is 13.9. The van der Waals surface area contributed by atoms with Gasteiger partial charge in [0.05, 0.1) is 6.04 Å². The first-order chi connectivity index (χ1) is 15.2. The topological polar surface area (TPSA) is 96.0 Å². The second kappa shape index (κ2) is 10.8. The van der Waals surface area contributed by atoms with Gasteiger partial charge in [-0.05, 0) is 72.4 Å². The molecule has 0 aromatic heterocycles. The highest BCUT2D eigenvalue weighted by Crippen LogP contribution is 2.22. The lowest BCUT2D eigenvalue weighted by atomic mass is 9.96. The summed E-state index contributed by atoms with van der Waals surface area (Å²) in [6.07, 6.45) is 1.18. The molecular weight excluding hydrogens is 449 g/mol. The van der Waals surface area contributed by atoms with Gasteiger partial charge in [0.25, 0.3) is 0 Å². The molecule has 1 aromatic carbocycles. The predicted molar refractivity (Wildman–Crippen MR) is 124 cm³/mol. The van der Waals surface area contributed by atoms with Crippen molar-refractivity contribution >= 4 is 22.0 Å². The molecule has 1 fully saturated rings. The molecule has 2 amide bonds. The van der Waals surface area contributed by atoms with Crippen LogP contribution in [-0.2, 0) is 19.6 Å². The average Bonchev–Trinajstić information content (AvgIpc) is 2.70. The number of hydrogen-bond acceptors (Lipinski definition) is 5. The van der Waals surface area contributed by atoms with Gasteiger partial charge >= 0.3 is 6.09 Å². The van der Waals surface area contributed by atoms with Crippen LogP contribution in [0, 0.1) is 11.7 Å². The molecule has 1 N–H and O–H groups in total. The van der Waals surface area contributed by atoms with Crippen LogP contribution in [-0.4, -0.2) is 67.5 Å². The third-order valence-corrected chi connectivity index (χ3v) is 6.94. The van der Waals surface area contributed by atoms with E-state index in [1.807, 2.05) is 34.6 Å². The number of hydrogen-bond donors (Lipinski definition) is 1. The van der Waals surface area contributed by atoms with Crippen LogP contribution in [0.15, 0.2) is 29.2 Å². The standard InChI is InChI=1S/C23H36FN3O5S/c1-16(2)27(22(29)32-23(4,5)6)15-18-10-9-13-26(14-18)21(28)17(3)25-33(30,31)20-12-8-7-11-19(20)24/h7-8,11-12,16-18,25H,9-10,13-15H2,1-6H3/t17-,18?/m0/s1. The van der Waals surface area contributed by atoms with Gasteiger partial charge in [-0.1, -0.05) is 12.1 Å². The molecule has 1 aliphatic heterocycles. The number of ether oxygens (including phenoxy) is 1. The Bertz CT molecular complexity index is 946. The van der Waals surface area contributed by atoms with Crippen molar-refractivity contribution in [1.82, 2.24) is 14.5 Å². The zero-order chi connectivity index (χ0) is 25.0. The average molecular weight is 486 g/mol. The van der Waals surface area contributed by atoms with Crippen molar-refractivity contribution in [1.29, 1.82) is 0 Å². The molecule has 2 atom stereocenters. The van der Waals surface area contributed by atoms with E-state index in [9.17, 15) is 22.4 Å². The molecule has 1 aliphatic rings. The molecule has 1 aromatic rings. The molecule has 0 spiro atoms. The minimum Gasteiger partial charge on any atom is -0.444 e. The van der Waals surface area contributed by atoms with E-state index < -0.39 is 38.5 Å². The number of piperidine rings is 1. The number of likely N-dealkylation sites (tertiary alicyclic amines) is 1. The van der Waals surface area contributed by atoms with Gasteiger partial charge in [0.15, 0.2) is 0 Å². The summed E-state index contributed by atoms with van der Waals surface area (Å²) in [4.78, 5) is 28.4. The van der Waals surface area contributed by atoms with Crippen molar-refractivity contribution in [3.8, 4) is 0 Å². The van der Waals surface area contributed by atoms with Crippen LogP contribution in [0.5, 0.6) is 0 Å². The van der Waals surface area contributed by atoms with Gasteiger partial charge in [-0.3, -0.25) is 4.79 Å². The first-order valence-corrected chi connectivity index (χ1v) is 12.7. The molecule has 0 radical (unpaired) electrons. The largest absolute Gasteiger partial charge is 0.444 e. The molecular formula is C23H36FN3O5S. The molecule has 10 heteroatoms. The number of halogens is 1. The van der Waals surface area contributed by atoms with Crippen molar-refractivity contribution in [3.05, 3.63) is 30.1 Å². The first-order valence-electron chi connectivity index (χ1n) is 11.3. The third kappa shape index (κ3) is 7.67. The van der Waals surface area contributed by atoms with Crippen molar-refractivity contribution in [2.24, 2.45) is 5.92 Å². The number of rotatable bonds is 7. The fourth-order valence-electron chi connectivity index (χ4n) is 3.79. The molecule has 1 unspecified atom stereocenters. The number of benzene rings is 1. The minimum atomic E-state index is -4.19. The Kier molecular flexibility index (Phi) is 8.87. The van der Waals surface area contributed by atoms with Gasteiger partial charge in [-0.15, -0.1) is 0 Å². The van der Waals surface area contributed by atoms with E-state index in [1.165, 1.54) is 19.1 Å². The predicted octanol–water partition coefficient (Wildman–Crippen LogP) is 3.38. The normalized spacial score (nSPS) is 18.2. The smallest absolute Gasteiger partial charge is 0.410 e. The number of amides is 2. The Labute approximate surface area is 196 Å². The van der Waals surface area contributed by atoms with E-state index in [2.05, 4.69) is 4.72 Å². The van der Waals surface area contributed by atoms with Crippen LogP contribution in [0.4, 0.5) is 9.18 Å². The van der Waals surface area contributed by atoms with Crippen LogP contribution in [0.3, 0.4) is 0 Å². The van der Waals surface area contributed by atoms with Crippen LogP contribution in [0.1, 0.15) is 54.4 Å². The summed E-state index contributed by atoms with van der Waals surface area (Å²) in [6.45, 7) is 12.0. The van der Waals surface area contributed by atoms with E-state index >= 15 is 0 Å². The van der Waals surface area contributed by atoms with Crippen LogP contribution < -0.4 is 4.72 Å². The van der Waals surface area contributed by atoms with Gasteiger partial charge in [0.1, 0.15) is 16.3 Å². The number of nitrogens with one attached hydrogen (secondary N) is 1. The number of carbonyl (C=O) groups is 2. The summed E-state index contributed by atoms with van der Waals surface area (Å²) >= 11 is 0. The van der Waals surface area contributed by atoms with E-state index in [1.54, 1.807) is 9.80 Å². The van der Waals surface area contributed by atoms with E-state index in [0.29, 0.717) is 19.6 Å². The van der Waals surface area contributed by atoms with Gasteiger partial charge < -0.3 is 14.5 Å². The second-order valence-corrected chi connectivity index (χ2v) is 11.5. The molecule has 0 bridgehead atoms. The van der Waals surface area contributed by atoms with Crippen molar-refractivity contribution < 1.29 is 27.1 Å². The highest BCUT2D eigenvalue weighted by atomic mass is 32.2.